The molecule has 1 aromatic heterocycles. The van der Waals surface area contributed by atoms with E-state index in [0.29, 0.717) is 11.6 Å². The second-order valence-corrected chi connectivity index (χ2v) is 6.92. The lowest BCUT2D eigenvalue weighted by atomic mass is 9.99. The topological polar surface area (TPSA) is 91.4 Å². The van der Waals surface area contributed by atoms with E-state index in [2.05, 4.69) is 26.0 Å². The fraction of sp³-hybridized carbons (Fsp3) is 0.250. The molecule has 11 heteroatoms. The number of halogens is 3. The summed E-state index contributed by atoms with van der Waals surface area (Å²) in [5.74, 6) is -0.187. The fourth-order valence-corrected chi connectivity index (χ4v) is 3.40. The molecular formula is C20H19F3N6O2. The van der Waals surface area contributed by atoms with Gasteiger partial charge in [0, 0.05) is 18.0 Å². The number of hydrazine groups is 1. The molecule has 4 rings (SSSR count). The Morgan fingerprint density at radius 3 is 2.74 bits per heavy atom. The summed E-state index contributed by atoms with van der Waals surface area (Å²) in [7, 11) is 1.45. The van der Waals surface area contributed by atoms with Gasteiger partial charge in [-0.1, -0.05) is 24.3 Å². The van der Waals surface area contributed by atoms with Crippen LogP contribution < -0.4 is 20.8 Å². The Kier molecular flexibility index (Phi) is 5.27. The number of carbonyl (C=O) groups excluding carboxylic acids is 1. The summed E-state index contributed by atoms with van der Waals surface area (Å²) in [5.41, 5.74) is 3.08. The van der Waals surface area contributed by atoms with E-state index in [1.54, 1.807) is 31.2 Å². The van der Waals surface area contributed by atoms with Crippen LogP contribution in [0.4, 0.5) is 19.1 Å². The third-order valence-corrected chi connectivity index (χ3v) is 4.79. The van der Waals surface area contributed by atoms with E-state index in [1.165, 1.54) is 30.5 Å². The molecule has 1 amide bonds. The molecule has 0 saturated carbocycles. The Labute approximate surface area is 175 Å². The van der Waals surface area contributed by atoms with Crippen LogP contribution in [0, 0.1) is 6.92 Å². The summed E-state index contributed by atoms with van der Waals surface area (Å²) < 4.78 is 45.4. The van der Waals surface area contributed by atoms with E-state index in [9.17, 15) is 18.0 Å². The van der Waals surface area contributed by atoms with Crippen LogP contribution in [0.25, 0.3) is 0 Å². The van der Waals surface area contributed by atoms with Crippen LogP contribution in [0.15, 0.2) is 54.4 Å². The number of amides is 1. The van der Waals surface area contributed by atoms with Crippen LogP contribution in [0.2, 0.25) is 0 Å². The highest BCUT2D eigenvalue weighted by Crippen LogP contribution is 2.36. The van der Waals surface area contributed by atoms with Crippen LogP contribution in [-0.2, 0) is 11.0 Å². The number of hydrogen-bond donors (Lipinski definition) is 3. The van der Waals surface area contributed by atoms with Crippen molar-refractivity contribution in [1.82, 2.24) is 25.7 Å². The summed E-state index contributed by atoms with van der Waals surface area (Å²) >= 11 is 0. The van der Waals surface area contributed by atoms with Crippen molar-refractivity contribution in [2.75, 3.05) is 12.4 Å². The predicted octanol–water partition coefficient (Wildman–Crippen LogP) is 2.64. The highest BCUT2D eigenvalue weighted by atomic mass is 19.4. The van der Waals surface area contributed by atoms with Crippen molar-refractivity contribution in [3.63, 3.8) is 0 Å². The van der Waals surface area contributed by atoms with E-state index in [4.69, 9.17) is 4.74 Å². The molecule has 3 heterocycles. The molecule has 162 valence electrons. The molecule has 1 aromatic carbocycles. The lowest BCUT2D eigenvalue weighted by Gasteiger charge is -2.35. The molecule has 0 bridgehead atoms. The molecule has 0 aliphatic carbocycles. The van der Waals surface area contributed by atoms with Gasteiger partial charge in [0.25, 0.3) is 5.91 Å². The van der Waals surface area contributed by atoms with Gasteiger partial charge in [-0.25, -0.2) is 10.4 Å². The molecule has 0 spiro atoms. The molecule has 0 saturated heterocycles. The highest BCUT2D eigenvalue weighted by Gasteiger charge is 2.38. The van der Waals surface area contributed by atoms with Crippen molar-refractivity contribution in [2.45, 2.75) is 25.3 Å². The first kappa shape index (κ1) is 20.7. The first-order valence-electron chi connectivity index (χ1n) is 9.33. The number of aryl methyl sites for hydroxylation is 1. The molecule has 2 atom stereocenters. The normalized spacial score (nSPS) is 20.0. The number of hydrogen-bond acceptors (Lipinski definition) is 7. The number of nitrogens with one attached hydrogen (secondary N) is 3. The summed E-state index contributed by atoms with van der Waals surface area (Å²) in [5, 5.41) is 7.05. The van der Waals surface area contributed by atoms with Crippen LogP contribution in [-0.4, -0.2) is 34.2 Å². The number of aromatic nitrogens is 2. The summed E-state index contributed by atoms with van der Waals surface area (Å²) in [6, 6.07) is 6.16. The van der Waals surface area contributed by atoms with Gasteiger partial charge in [-0.2, -0.15) is 18.2 Å². The number of ether oxygens (including phenoxy) is 1. The van der Waals surface area contributed by atoms with Crippen molar-refractivity contribution < 1.29 is 22.7 Å². The van der Waals surface area contributed by atoms with Gasteiger partial charge in [0.1, 0.15) is 11.9 Å². The van der Waals surface area contributed by atoms with E-state index >= 15 is 0 Å². The highest BCUT2D eigenvalue weighted by molar-refractivity contribution is 6.02. The number of carbonyl (C=O) groups is 1. The number of alkyl halides is 3. The third kappa shape index (κ3) is 4.17. The van der Waals surface area contributed by atoms with Gasteiger partial charge in [-0.3, -0.25) is 15.1 Å². The summed E-state index contributed by atoms with van der Waals surface area (Å²) in [6.07, 6.45) is -0.131. The quantitative estimate of drug-likeness (QED) is 0.640. The van der Waals surface area contributed by atoms with Crippen molar-refractivity contribution in [1.29, 1.82) is 0 Å². The van der Waals surface area contributed by atoms with Crippen molar-refractivity contribution in [2.24, 2.45) is 0 Å². The zero-order chi connectivity index (χ0) is 22.2. The second kappa shape index (κ2) is 7.91. The molecule has 0 fully saturated rings. The van der Waals surface area contributed by atoms with Crippen LogP contribution >= 0.6 is 0 Å². The molecule has 2 aliphatic heterocycles. The zero-order valence-electron chi connectivity index (χ0n) is 16.6. The van der Waals surface area contributed by atoms with Crippen molar-refractivity contribution in [3.8, 4) is 5.88 Å². The molecule has 3 N–H and O–H groups in total. The number of fused-ring (bicyclic) bond motifs is 1. The lowest BCUT2D eigenvalue weighted by Crippen LogP contribution is -2.50. The standard InChI is InChI=1S/C20H19F3N6O2/c1-11-9-17(31-2)26-19(25-11)27-18(30)15-10-24-16-8-7-14(28-29(15)16)12-5-3-4-6-13(12)20(21,22)23/h3-10,14,16,24,28H,1-2H3,(H,25,26,27,30). The van der Waals surface area contributed by atoms with Gasteiger partial charge in [-0.15, -0.1) is 0 Å². The molecule has 31 heavy (non-hydrogen) atoms. The maximum atomic E-state index is 13.4. The Morgan fingerprint density at radius 2 is 2.00 bits per heavy atom. The zero-order valence-corrected chi connectivity index (χ0v) is 16.6. The maximum Gasteiger partial charge on any atom is 0.416 e. The smallest absolute Gasteiger partial charge is 0.416 e. The molecule has 2 aromatic rings. The summed E-state index contributed by atoms with van der Waals surface area (Å²) in [4.78, 5) is 21.1. The minimum Gasteiger partial charge on any atom is -0.481 e. The van der Waals surface area contributed by atoms with E-state index in [0.717, 1.165) is 6.07 Å². The number of rotatable bonds is 4. The largest absolute Gasteiger partial charge is 0.481 e. The molecular weight excluding hydrogens is 413 g/mol. The van der Waals surface area contributed by atoms with Gasteiger partial charge >= 0.3 is 6.18 Å². The lowest BCUT2D eigenvalue weighted by molar-refractivity contribution is -0.138. The van der Waals surface area contributed by atoms with E-state index in [-0.39, 0.29) is 17.2 Å². The minimum atomic E-state index is -4.50. The number of anilines is 1. The number of nitrogens with zero attached hydrogens (tertiary/aromatic N) is 3. The Hall–Kier alpha value is -3.60. The van der Waals surface area contributed by atoms with Crippen LogP contribution in [0.1, 0.15) is 22.9 Å². The monoisotopic (exact) mass is 432 g/mol. The predicted molar refractivity (Wildman–Crippen MR) is 105 cm³/mol. The van der Waals surface area contributed by atoms with Gasteiger partial charge in [0.05, 0.1) is 18.7 Å². The first-order valence-corrected chi connectivity index (χ1v) is 9.33. The fourth-order valence-electron chi connectivity index (χ4n) is 3.40. The summed E-state index contributed by atoms with van der Waals surface area (Å²) in [6.45, 7) is 1.73. The molecule has 8 nitrogen and oxygen atoms in total. The Bertz CT molecular complexity index is 1070. The third-order valence-electron chi connectivity index (χ3n) is 4.79. The Balaban J connectivity index is 1.55. The first-order chi connectivity index (χ1) is 14.8. The number of methoxy groups -OCH3 is 1. The van der Waals surface area contributed by atoms with Crippen molar-refractivity contribution >= 4 is 11.9 Å². The minimum absolute atomic E-state index is 0.0534. The van der Waals surface area contributed by atoms with Gasteiger partial charge < -0.3 is 10.1 Å². The molecule has 2 aliphatic rings. The average molecular weight is 432 g/mol. The van der Waals surface area contributed by atoms with Crippen molar-refractivity contribution in [3.05, 3.63) is 71.2 Å². The number of benzene rings is 1. The average Bonchev–Trinajstić information content (AvgIpc) is 3.16. The van der Waals surface area contributed by atoms with Gasteiger partial charge in [0.2, 0.25) is 11.8 Å². The van der Waals surface area contributed by atoms with Crippen LogP contribution in [0.3, 0.4) is 0 Å². The molecule has 2 unspecified atom stereocenters. The Morgan fingerprint density at radius 1 is 1.23 bits per heavy atom. The van der Waals surface area contributed by atoms with E-state index < -0.39 is 29.9 Å². The van der Waals surface area contributed by atoms with Gasteiger partial charge in [0.15, 0.2) is 0 Å². The van der Waals surface area contributed by atoms with E-state index in [1.807, 2.05) is 0 Å². The van der Waals surface area contributed by atoms with Crippen LogP contribution in [0.5, 0.6) is 5.88 Å². The SMILES string of the molecule is COc1cc(C)nc(NC(=O)C2=CNC3C=CC(c4ccccc4C(F)(F)F)NN23)n1. The second-order valence-electron chi connectivity index (χ2n) is 6.92. The van der Waals surface area contributed by atoms with Gasteiger partial charge in [-0.05, 0) is 24.6 Å². The maximum absolute atomic E-state index is 13.4. The molecule has 0 radical (unpaired) electrons.